The summed E-state index contributed by atoms with van der Waals surface area (Å²) in [6, 6.07) is 0. The Morgan fingerprint density at radius 2 is 1.75 bits per heavy atom. The SMILES string of the molecule is C=CC(F)(F)CCC(F)C(F)F. The van der Waals surface area contributed by atoms with Gasteiger partial charge in [0.1, 0.15) is 0 Å². The third-order valence-electron chi connectivity index (χ3n) is 1.33. The van der Waals surface area contributed by atoms with Crippen LogP contribution in [-0.4, -0.2) is 18.5 Å². The van der Waals surface area contributed by atoms with Gasteiger partial charge in [0, 0.05) is 6.42 Å². The maximum absolute atomic E-state index is 12.2. The topological polar surface area (TPSA) is 0 Å². The van der Waals surface area contributed by atoms with Crippen molar-refractivity contribution in [1.82, 2.24) is 0 Å². The molecule has 72 valence electrons. The molecule has 0 aliphatic carbocycles. The molecule has 0 spiro atoms. The van der Waals surface area contributed by atoms with Crippen LogP contribution in [0, 0.1) is 0 Å². The summed E-state index contributed by atoms with van der Waals surface area (Å²) in [6.45, 7) is 2.80. The van der Waals surface area contributed by atoms with Gasteiger partial charge in [0.15, 0.2) is 6.17 Å². The van der Waals surface area contributed by atoms with Crippen LogP contribution in [-0.2, 0) is 0 Å². The van der Waals surface area contributed by atoms with Crippen LogP contribution in [0.5, 0.6) is 0 Å². The molecule has 0 saturated carbocycles. The Hall–Kier alpha value is -0.610. The van der Waals surface area contributed by atoms with E-state index in [9.17, 15) is 22.0 Å². The van der Waals surface area contributed by atoms with Crippen molar-refractivity contribution in [3.05, 3.63) is 12.7 Å². The van der Waals surface area contributed by atoms with Gasteiger partial charge >= 0.3 is 0 Å². The summed E-state index contributed by atoms with van der Waals surface area (Å²) >= 11 is 0. The van der Waals surface area contributed by atoms with Crippen molar-refractivity contribution in [2.45, 2.75) is 31.4 Å². The normalized spacial score (nSPS) is 14.8. The molecule has 0 nitrogen and oxygen atoms in total. The average Bonchev–Trinajstić information content (AvgIpc) is 2.00. The molecular weight excluding hydrogens is 179 g/mol. The van der Waals surface area contributed by atoms with Gasteiger partial charge in [-0.1, -0.05) is 6.58 Å². The Morgan fingerprint density at radius 3 is 2.08 bits per heavy atom. The minimum Gasteiger partial charge on any atom is -0.241 e. The zero-order valence-corrected chi connectivity index (χ0v) is 6.24. The van der Waals surface area contributed by atoms with E-state index >= 15 is 0 Å². The standard InChI is InChI=1S/C7H9F5/c1-2-7(11,12)4-3-5(8)6(9)10/h2,5-6H,1,3-4H2. The van der Waals surface area contributed by atoms with Crippen LogP contribution in [0.4, 0.5) is 22.0 Å². The fourth-order valence-electron chi connectivity index (χ4n) is 0.558. The second-order valence-corrected chi connectivity index (χ2v) is 2.35. The van der Waals surface area contributed by atoms with Crippen molar-refractivity contribution in [3.63, 3.8) is 0 Å². The molecule has 0 rings (SSSR count). The van der Waals surface area contributed by atoms with Crippen molar-refractivity contribution in [3.8, 4) is 0 Å². The van der Waals surface area contributed by atoms with Crippen LogP contribution >= 0.6 is 0 Å². The highest BCUT2D eigenvalue weighted by molar-refractivity contribution is 4.87. The maximum Gasteiger partial charge on any atom is 0.269 e. The summed E-state index contributed by atoms with van der Waals surface area (Å²) in [5.41, 5.74) is 0. The highest BCUT2D eigenvalue weighted by Crippen LogP contribution is 2.24. The van der Waals surface area contributed by atoms with Gasteiger partial charge < -0.3 is 0 Å². The van der Waals surface area contributed by atoms with Crippen LogP contribution in [0.2, 0.25) is 0 Å². The summed E-state index contributed by atoms with van der Waals surface area (Å²) in [4.78, 5) is 0. The van der Waals surface area contributed by atoms with Crippen LogP contribution in [0.3, 0.4) is 0 Å². The number of hydrogen-bond acceptors (Lipinski definition) is 0. The van der Waals surface area contributed by atoms with Crippen molar-refractivity contribution in [2.75, 3.05) is 0 Å². The minimum absolute atomic E-state index is 0.325. The molecule has 0 fully saturated rings. The average molecular weight is 188 g/mol. The number of hydrogen-bond donors (Lipinski definition) is 0. The van der Waals surface area contributed by atoms with Gasteiger partial charge in [-0.3, -0.25) is 0 Å². The molecule has 0 N–H and O–H groups in total. The third kappa shape index (κ3) is 4.31. The van der Waals surface area contributed by atoms with Crippen molar-refractivity contribution in [2.24, 2.45) is 0 Å². The second-order valence-electron chi connectivity index (χ2n) is 2.35. The van der Waals surface area contributed by atoms with Crippen LogP contribution in [0.25, 0.3) is 0 Å². The molecule has 0 heterocycles. The molecule has 0 saturated heterocycles. The van der Waals surface area contributed by atoms with E-state index in [4.69, 9.17) is 0 Å². The van der Waals surface area contributed by atoms with Gasteiger partial charge in [0.25, 0.3) is 12.3 Å². The number of rotatable bonds is 5. The summed E-state index contributed by atoms with van der Waals surface area (Å²) in [5.74, 6) is -3.25. The van der Waals surface area contributed by atoms with Crippen LogP contribution < -0.4 is 0 Å². The fraction of sp³-hybridized carbons (Fsp3) is 0.714. The van der Waals surface area contributed by atoms with Crippen molar-refractivity contribution in [1.29, 1.82) is 0 Å². The smallest absolute Gasteiger partial charge is 0.241 e. The molecule has 5 heteroatoms. The highest BCUT2D eigenvalue weighted by atomic mass is 19.3. The lowest BCUT2D eigenvalue weighted by Crippen LogP contribution is -2.18. The predicted octanol–water partition coefficient (Wildman–Crippen LogP) is 3.19. The van der Waals surface area contributed by atoms with E-state index in [2.05, 4.69) is 6.58 Å². The number of allylic oxidation sites excluding steroid dienone is 1. The van der Waals surface area contributed by atoms with E-state index in [-0.39, 0.29) is 0 Å². The Balaban J connectivity index is 3.75. The van der Waals surface area contributed by atoms with E-state index in [1.807, 2.05) is 0 Å². The lowest BCUT2D eigenvalue weighted by atomic mass is 10.1. The summed E-state index contributed by atoms with van der Waals surface area (Å²) < 4.78 is 59.5. The largest absolute Gasteiger partial charge is 0.269 e. The van der Waals surface area contributed by atoms with Crippen LogP contribution in [0.1, 0.15) is 12.8 Å². The lowest BCUT2D eigenvalue weighted by molar-refractivity contribution is 0.00509. The highest BCUT2D eigenvalue weighted by Gasteiger charge is 2.28. The molecule has 12 heavy (non-hydrogen) atoms. The van der Waals surface area contributed by atoms with Gasteiger partial charge in [-0.05, 0) is 12.5 Å². The minimum atomic E-state index is -3.25. The van der Waals surface area contributed by atoms with Gasteiger partial charge in [-0.15, -0.1) is 0 Å². The molecule has 0 aromatic carbocycles. The fourth-order valence-corrected chi connectivity index (χ4v) is 0.558. The number of halogens is 5. The van der Waals surface area contributed by atoms with Gasteiger partial charge in [0.05, 0.1) is 0 Å². The first kappa shape index (κ1) is 11.4. The summed E-state index contributed by atoms with van der Waals surface area (Å²) in [6.07, 6.45) is -7.12. The van der Waals surface area contributed by atoms with E-state index in [0.29, 0.717) is 6.08 Å². The third-order valence-corrected chi connectivity index (χ3v) is 1.33. The molecule has 0 aromatic heterocycles. The zero-order chi connectivity index (χ0) is 9.78. The molecule has 0 radical (unpaired) electrons. The van der Waals surface area contributed by atoms with Gasteiger partial charge in [0.2, 0.25) is 0 Å². The molecule has 1 atom stereocenters. The molecule has 1 unspecified atom stereocenters. The first-order chi connectivity index (χ1) is 5.39. The van der Waals surface area contributed by atoms with Gasteiger partial charge in [-0.2, -0.15) is 0 Å². The van der Waals surface area contributed by atoms with E-state index in [0.717, 1.165) is 0 Å². The van der Waals surface area contributed by atoms with Crippen molar-refractivity contribution >= 4 is 0 Å². The number of alkyl halides is 5. The first-order valence-electron chi connectivity index (χ1n) is 3.32. The molecule has 0 aromatic rings. The molecule has 0 amide bonds. The maximum atomic E-state index is 12.2. The summed E-state index contributed by atoms with van der Waals surface area (Å²) in [7, 11) is 0. The Kier molecular flexibility index (Phi) is 4.20. The second kappa shape index (κ2) is 4.42. The molecule has 0 aliphatic rings. The summed E-state index contributed by atoms with van der Waals surface area (Å²) in [5, 5.41) is 0. The first-order valence-corrected chi connectivity index (χ1v) is 3.32. The Morgan fingerprint density at radius 1 is 1.25 bits per heavy atom. The Bertz CT molecular complexity index is 143. The molecule has 0 bridgehead atoms. The van der Waals surface area contributed by atoms with E-state index in [1.54, 1.807) is 0 Å². The van der Waals surface area contributed by atoms with E-state index < -0.39 is 31.4 Å². The Labute approximate surface area is 67.1 Å². The van der Waals surface area contributed by atoms with Crippen LogP contribution in [0.15, 0.2) is 12.7 Å². The molecule has 0 aliphatic heterocycles. The van der Waals surface area contributed by atoms with Crippen molar-refractivity contribution < 1.29 is 22.0 Å². The predicted molar refractivity (Wildman–Crippen MR) is 35.3 cm³/mol. The monoisotopic (exact) mass is 188 g/mol. The quantitative estimate of drug-likeness (QED) is 0.459. The van der Waals surface area contributed by atoms with Gasteiger partial charge in [-0.25, -0.2) is 22.0 Å². The molecular formula is C7H9F5. The van der Waals surface area contributed by atoms with E-state index in [1.165, 1.54) is 0 Å². The lowest BCUT2D eigenvalue weighted by Gasteiger charge is -2.12. The zero-order valence-electron chi connectivity index (χ0n) is 6.24.